The molecule has 3 aliphatic rings. The van der Waals surface area contributed by atoms with Crippen LogP contribution in [0.2, 0.25) is 0 Å². The molecule has 1 unspecified atom stereocenters. The summed E-state index contributed by atoms with van der Waals surface area (Å²) in [6.45, 7) is 4.34. The topological polar surface area (TPSA) is 65.8 Å². The highest BCUT2D eigenvalue weighted by molar-refractivity contribution is 5.94. The van der Waals surface area contributed by atoms with Gasteiger partial charge in [0.1, 0.15) is 0 Å². The molecule has 2 aromatic rings. The van der Waals surface area contributed by atoms with Crippen LogP contribution in [0.4, 0.5) is 0 Å². The number of fused-ring (bicyclic) bond motifs is 1. The van der Waals surface area contributed by atoms with Crippen LogP contribution in [0, 0.1) is 5.92 Å². The number of piperazine rings is 1. The van der Waals surface area contributed by atoms with Gasteiger partial charge in [-0.2, -0.15) is 0 Å². The number of nitrogens with one attached hydrogen (secondary N) is 1. The van der Waals surface area contributed by atoms with E-state index < -0.39 is 0 Å². The molecule has 1 saturated heterocycles. The molecular weight excluding hydrogens is 340 g/mol. The van der Waals surface area contributed by atoms with Crippen molar-refractivity contribution in [3.05, 3.63) is 29.7 Å². The summed E-state index contributed by atoms with van der Waals surface area (Å²) in [5.41, 5.74) is 1.49. The molecular formula is C20H28N6O. The summed E-state index contributed by atoms with van der Waals surface area (Å²) >= 11 is 0. The number of hydrogen-bond acceptors (Lipinski definition) is 5. The lowest BCUT2D eigenvalue weighted by atomic mass is 9.93. The van der Waals surface area contributed by atoms with Gasteiger partial charge in [0.25, 0.3) is 5.91 Å². The number of pyridine rings is 1. The highest BCUT2D eigenvalue weighted by Gasteiger charge is 2.32. The van der Waals surface area contributed by atoms with Crippen LogP contribution in [-0.2, 0) is 0 Å². The van der Waals surface area contributed by atoms with E-state index in [1.165, 1.54) is 25.8 Å². The van der Waals surface area contributed by atoms with E-state index in [1.807, 2.05) is 22.7 Å². The minimum Gasteiger partial charge on any atom is -0.349 e. The Morgan fingerprint density at radius 3 is 2.78 bits per heavy atom. The van der Waals surface area contributed by atoms with Gasteiger partial charge in [-0.3, -0.25) is 19.0 Å². The van der Waals surface area contributed by atoms with E-state index in [0.717, 1.165) is 49.9 Å². The molecule has 2 aromatic heterocycles. The van der Waals surface area contributed by atoms with Crippen LogP contribution in [-0.4, -0.2) is 69.6 Å². The molecule has 1 atom stereocenters. The summed E-state index contributed by atoms with van der Waals surface area (Å²) in [4.78, 5) is 17.5. The zero-order chi connectivity index (χ0) is 18.4. The number of hydrogen-bond donors (Lipinski definition) is 1. The van der Waals surface area contributed by atoms with Crippen LogP contribution in [0.5, 0.6) is 0 Å². The minimum absolute atomic E-state index is 0.00797. The van der Waals surface area contributed by atoms with Gasteiger partial charge in [0.2, 0.25) is 0 Å². The monoisotopic (exact) mass is 368 g/mol. The molecule has 1 amide bonds. The number of carbonyl (C=O) groups is 1. The van der Waals surface area contributed by atoms with Crippen LogP contribution in [0.1, 0.15) is 54.3 Å². The first-order valence-electron chi connectivity index (χ1n) is 10.3. The zero-order valence-corrected chi connectivity index (χ0v) is 16.0. The Labute approximate surface area is 159 Å². The second kappa shape index (κ2) is 6.87. The summed E-state index contributed by atoms with van der Waals surface area (Å²) in [6.07, 6.45) is 8.07. The first kappa shape index (κ1) is 17.1. The fraction of sp³-hybridized carbons (Fsp3) is 0.650. The molecule has 27 heavy (non-hydrogen) atoms. The van der Waals surface area contributed by atoms with Crippen molar-refractivity contribution >= 4 is 11.6 Å². The zero-order valence-electron chi connectivity index (χ0n) is 16.0. The molecule has 144 valence electrons. The Hall–Kier alpha value is -1.99. The number of likely N-dealkylation sites (N-methyl/N-ethyl adjacent to an activating group) is 1. The molecule has 3 heterocycles. The highest BCUT2D eigenvalue weighted by atomic mass is 16.1. The first-order valence-corrected chi connectivity index (χ1v) is 10.3. The standard InChI is InChI=1S/C20H28N6O/c1-24-9-10-25(11-14-5-6-14)13-17(24)19-23-22-18-8-7-15(12-26(18)19)20(27)21-16-3-2-4-16/h7-8,12,14,16-17H,2-6,9-11,13H2,1H3,(H,21,27). The summed E-state index contributed by atoms with van der Waals surface area (Å²) in [5.74, 6) is 1.84. The van der Waals surface area contributed by atoms with Gasteiger partial charge in [0, 0.05) is 38.4 Å². The van der Waals surface area contributed by atoms with Crippen molar-refractivity contribution in [2.24, 2.45) is 5.92 Å². The predicted molar refractivity (Wildman–Crippen MR) is 103 cm³/mol. The molecule has 3 fully saturated rings. The Morgan fingerprint density at radius 2 is 2.04 bits per heavy atom. The summed E-state index contributed by atoms with van der Waals surface area (Å²) in [6, 6.07) is 4.30. The third kappa shape index (κ3) is 3.46. The van der Waals surface area contributed by atoms with E-state index in [-0.39, 0.29) is 11.9 Å². The van der Waals surface area contributed by atoms with Crippen LogP contribution in [0.15, 0.2) is 18.3 Å². The average Bonchev–Trinajstić information content (AvgIpc) is 3.35. The van der Waals surface area contributed by atoms with E-state index in [4.69, 9.17) is 0 Å². The quantitative estimate of drug-likeness (QED) is 0.870. The number of rotatable bonds is 5. The average molecular weight is 368 g/mol. The maximum Gasteiger partial charge on any atom is 0.252 e. The third-order valence-corrected chi connectivity index (χ3v) is 6.37. The first-order chi connectivity index (χ1) is 13.2. The van der Waals surface area contributed by atoms with Crippen LogP contribution >= 0.6 is 0 Å². The number of aromatic nitrogens is 3. The molecule has 0 aromatic carbocycles. The SMILES string of the molecule is CN1CCN(CC2CC2)CC1c1nnc2ccc(C(=O)NC3CCC3)cn12. The fourth-order valence-corrected chi connectivity index (χ4v) is 4.13. The normalized spacial score (nSPS) is 24.9. The van der Waals surface area contributed by atoms with Crippen molar-refractivity contribution in [2.75, 3.05) is 33.2 Å². The van der Waals surface area contributed by atoms with Crippen molar-refractivity contribution < 1.29 is 4.79 Å². The molecule has 0 bridgehead atoms. The Balaban J connectivity index is 1.39. The number of carbonyl (C=O) groups excluding carboxylic acids is 1. The van der Waals surface area contributed by atoms with Gasteiger partial charge in [0.15, 0.2) is 11.5 Å². The molecule has 1 aliphatic heterocycles. The second-order valence-corrected chi connectivity index (χ2v) is 8.50. The van der Waals surface area contributed by atoms with Gasteiger partial charge in [-0.1, -0.05) is 0 Å². The molecule has 1 N–H and O–H groups in total. The van der Waals surface area contributed by atoms with Crippen LogP contribution < -0.4 is 5.32 Å². The van der Waals surface area contributed by atoms with E-state index in [0.29, 0.717) is 11.6 Å². The molecule has 7 heteroatoms. The van der Waals surface area contributed by atoms with E-state index in [2.05, 4.69) is 32.4 Å². The van der Waals surface area contributed by atoms with Gasteiger partial charge in [-0.15, -0.1) is 10.2 Å². The predicted octanol–water partition coefficient (Wildman–Crippen LogP) is 1.71. The van der Waals surface area contributed by atoms with Crippen molar-refractivity contribution in [3.8, 4) is 0 Å². The lowest BCUT2D eigenvalue weighted by molar-refractivity contribution is 0.0869. The van der Waals surface area contributed by atoms with E-state index in [1.54, 1.807) is 0 Å². The maximum absolute atomic E-state index is 12.6. The number of nitrogens with zero attached hydrogens (tertiary/aromatic N) is 5. The van der Waals surface area contributed by atoms with Gasteiger partial charge < -0.3 is 5.32 Å². The maximum atomic E-state index is 12.6. The summed E-state index contributed by atoms with van der Waals surface area (Å²) < 4.78 is 2.01. The van der Waals surface area contributed by atoms with E-state index >= 15 is 0 Å². The van der Waals surface area contributed by atoms with Crippen LogP contribution in [0.25, 0.3) is 5.65 Å². The van der Waals surface area contributed by atoms with Gasteiger partial charge in [-0.25, -0.2) is 0 Å². The molecule has 2 aliphatic carbocycles. The van der Waals surface area contributed by atoms with Gasteiger partial charge in [-0.05, 0) is 57.2 Å². The minimum atomic E-state index is 0.00797. The van der Waals surface area contributed by atoms with E-state index in [9.17, 15) is 4.79 Å². The lowest BCUT2D eigenvalue weighted by Gasteiger charge is -2.38. The molecule has 2 saturated carbocycles. The van der Waals surface area contributed by atoms with Crippen molar-refractivity contribution in [1.82, 2.24) is 29.7 Å². The lowest BCUT2D eigenvalue weighted by Crippen LogP contribution is -2.47. The Kier molecular flexibility index (Phi) is 4.36. The van der Waals surface area contributed by atoms with Gasteiger partial charge in [0.05, 0.1) is 11.6 Å². The summed E-state index contributed by atoms with van der Waals surface area (Å²) in [7, 11) is 2.16. The summed E-state index contributed by atoms with van der Waals surface area (Å²) in [5, 5.41) is 12.0. The Morgan fingerprint density at radius 1 is 1.19 bits per heavy atom. The second-order valence-electron chi connectivity index (χ2n) is 8.50. The number of amides is 1. The van der Waals surface area contributed by atoms with Crippen molar-refractivity contribution in [3.63, 3.8) is 0 Å². The molecule has 5 rings (SSSR count). The fourth-order valence-electron chi connectivity index (χ4n) is 4.13. The van der Waals surface area contributed by atoms with Crippen molar-refractivity contribution in [1.29, 1.82) is 0 Å². The largest absolute Gasteiger partial charge is 0.349 e. The van der Waals surface area contributed by atoms with Gasteiger partial charge >= 0.3 is 0 Å². The van der Waals surface area contributed by atoms with Crippen LogP contribution in [0.3, 0.4) is 0 Å². The highest BCUT2D eigenvalue weighted by Crippen LogP contribution is 2.32. The smallest absolute Gasteiger partial charge is 0.252 e. The third-order valence-electron chi connectivity index (χ3n) is 6.37. The van der Waals surface area contributed by atoms with Crippen molar-refractivity contribution in [2.45, 2.75) is 44.2 Å². The molecule has 7 nitrogen and oxygen atoms in total. The Bertz CT molecular complexity index is 840. The molecule has 0 radical (unpaired) electrons. The molecule has 0 spiro atoms.